The summed E-state index contributed by atoms with van der Waals surface area (Å²) in [5, 5.41) is 17.7. The third kappa shape index (κ3) is 5.03. The Labute approximate surface area is 167 Å². The molecule has 0 fully saturated rings. The van der Waals surface area contributed by atoms with Gasteiger partial charge in [0, 0.05) is 17.8 Å². The zero-order chi connectivity index (χ0) is 19.2. The number of nitrogens with zero attached hydrogens (tertiary/aromatic N) is 1. The fraction of sp³-hybridized carbons (Fsp3) is 0.0500. The molecule has 7 heteroatoms. The lowest BCUT2D eigenvalue weighted by atomic mass is 10.0. The van der Waals surface area contributed by atoms with Gasteiger partial charge in [-0.25, -0.2) is 0 Å². The Morgan fingerprint density at radius 1 is 0.963 bits per heavy atom. The molecule has 3 aromatic rings. The number of para-hydroxylation sites is 1. The molecule has 0 saturated heterocycles. The van der Waals surface area contributed by atoms with Gasteiger partial charge in [0.2, 0.25) is 0 Å². The van der Waals surface area contributed by atoms with E-state index in [0.717, 1.165) is 17.7 Å². The number of hydrogen-bond donors (Lipinski definition) is 2. The van der Waals surface area contributed by atoms with Crippen LogP contribution in [0.3, 0.4) is 0 Å². The first-order chi connectivity index (χ1) is 13.0. The van der Waals surface area contributed by atoms with Crippen LogP contribution in [0.1, 0.15) is 11.1 Å². The molecule has 3 rings (SSSR count). The average Bonchev–Trinajstić information content (AvgIpc) is 2.66. The van der Waals surface area contributed by atoms with Gasteiger partial charge in [0.05, 0.1) is 15.6 Å². The van der Waals surface area contributed by atoms with Crippen LogP contribution in [0.25, 0.3) is 0 Å². The molecule has 0 heterocycles. The van der Waals surface area contributed by atoms with E-state index in [-0.39, 0.29) is 5.69 Å². The largest absolute Gasteiger partial charge is 0.332 e. The van der Waals surface area contributed by atoms with E-state index in [9.17, 15) is 10.1 Å². The summed E-state index contributed by atoms with van der Waals surface area (Å²) in [6.45, 7) is 0. The first-order valence-corrected chi connectivity index (χ1v) is 8.95. The van der Waals surface area contributed by atoms with Gasteiger partial charge in [-0.2, -0.15) is 0 Å². The van der Waals surface area contributed by atoms with E-state index in [1.807, 2.05) is 42.5 Å². The number of nitro benzene ring substituents is 1. The highest BCUT2D eigenvalue weighted by Gasteiger charge is 2.11. The lowest BCUT2D eigenvalue weighted by Gasteiger charge is -2.15. The zero-order valence-electron chi connectivity index (χ0n) is 14.2. The Morgan fingerprint density at radius 3 is 2.37 bits per heavy atom. The summed E-state index contributed by atoms with van der Waals surface area (Å²) < 4.78 is 0. The van der Waals surface area contributed by atoms with Crippen molar-refractivity contribution in [3.63, 3.8) is 0 Å². The highest BCUT2D eigenvalue weighted by atomic mass is 35.5. The number of non-ortho nitro benzene ring substituents is 1. The van der Waals surface area contributed by atoms with Crippen LogP contribution in [-0.2, 0) is 6.42 Å². The molecule has 0 amide bonds. The Bertz CT molecular complexity index is 980. The highest BCUT2D eigenvalue weighted by molar-refractivity contribution is 7.80. The summed E-state index contributed by atoms with van der Waals surface area (Å²) in [5.74, 6) is 0. The third-order valence-corrected chi connectivity index (χ3v) is 4.45. The smallest absolute Gasteiger partial charge is 0.271 e. The second-order valence-electron chi connectivity index (χ2n) is 5.82. The maximum atomic E-state index is 10.9. The Balaban J connectivity index is 1.75. The van der Waals surface area contributed by atoms with E-state index in [4.69, 9.17) is 23.8 Å². The van der Waals surface area contributed by atoms with Crippen molar-refractivity contribution in [1.29, 1.82) is 0 Å². The molecule has 0 aromatic heterocycles. The van der Waals surface area contributed by atoms with Crippen molar-refractivity contribution < 1.29 is 4.92 Å². The highest BCUT2D eigenvalue weighted by Crippen LogP contribution is 2.27. The molecular weight excluding hydrogens is 382 g/mol. The number of anilines is 2. The summed E-state index contributed by atoms with van der Waals surface area (Å²) in [5.41, 5.74) is 3.45. The molecule has 0 bridgehead atoms. The molecule has 0 radical (unpaired) electrons. The topological polar surface area (TPSA) is 67.2 Å². The minimum Gasteiger partial charge on any atom is -0.332 e. The molecule has 5 nitrogen and oxygen atoms in total. The second kappa shape index (κ2) is 8.62. The molecule has 27 heavy (non-hydrogen) atoms. The van der Waals surface area contributed by atoms with Gasteiger partial charge in [0.1, 0.15) is 0 Å². The number of nitrogens with one attached hydrogen (secondary N) is 2. The molecule has 0 atom stereocenters. The van der Waals surface area contributed by atoms with Crippen molar-refractivity contribution >= 4 is 46.0 Å². The number of halogens is 1. The van der Waals surface area contributed by atoms with E-state index in [1.54, 1.807) is 0 Å². The van der Waals surface area contributed by atoms with E-state index in [1.165, 1.54) is 23.8 Å². The number of thiocarbonyl (C=S) groups is 1. The predicted octanol–water partition coefficient (Wildman–Crippen LogP) is 5.65. The quantitative estimate of drug-likeness (QED) is 0.331. The van der Waals surface area contributed by atoms with Crippen LogP contribution in [0, 0.1) is 10.1 Å². The van der Waals surface area contributed by atoms with E-state index < -0.39 is 4.92 Å². The average molecular weight is 398 g/mol. The van der Waals surface area contributed by atoms with Crippen LogP contribution in [0.5, 0.6) is 0 Å². The van der Waals surface area contributed by atoms with Crippen LogP contribution in [0.15, 0.2) is 72.8 Å². The van der Waals surface area contributed by atoms with Crippen molar-refractivity contribution in [3.8, 4) is 0 Å². The van der Waals surface area contributed by atoms with Crippen molar-refractivity contribution in [1.82, 2.24) is 0 Å². The number of hydrogen-bond acceptors (Lipinski definition) is 3. The van der Waals surface area contributed by atoms with Gasteiger partial charge in [-0.15, -0.1) is 0 Å². The molecule has 0 spiro atoms. The maximum absolute atomic E-state index is 10.9. The van der Waals surface area contributed by atoms with Crippen LogP contribution in [-0.4, -0.2) is 10.0 Å². The van der Waals surface area contributed by atoms with Gasteiger partial charge < -0.3 is 10.6 Å². The van der Waals surface area contributed by atoms with Crippen LogP contribution < -0.4 is 10.6 Å². The zero-order valence-corrected chi connectivity index (χ0v) is 15.8. The molecule has 0 aliphatic heterocycles. The maximum Gasteiger partial charge on any atom is 0.271 e. The van der Waals surface area contributed by atoms with Gasteiger partial charge in [0.15, 0.2) is 5.11 Å². The minimum atomic E-state index is -0.479. The SMILES string of the molecule is O=[N+]([O-])c1ccc(Cl)c(NC(=S)Nc2ccccc2Cc2ccccc2)c1. The fourth-order valence-corrected chi connectivity index (χ4v) is 3.00. The molecule has 3 aromatic carbocycles. The molecule has 0 aliphatic carbocycles. The van der Waals surface area contributed by atoms with Crippen molar-refractivity contribution in [2.75, 3.05) is 10.6 Å². The number of benzene rings is 3. The van der Waals surface area contributed by atoms with E-state index >= 15 is 0 Å². The van der Waals surface area contributed by atoms with Gasteiger partial charge in [-0.05, 0) is 41.9 Å². The van der Waals surface area contributed by atoms with Crippen LogP contribution in [0.2, 0.25) is 5.02 Å². The monoisotopic (exact) mass is 397 g/mol. The summed E-state index contributed by atoms with van der Waals surface area (Å²) >= 11 is 11.5. The summed E-state index contributed by atoms with van der Waals surface area (Å²) in [7, 11) is 0. The van der Waals surface area contributed by atoms with Crippen LogP contribution >= 0.6 is 23.8 Å². The summed E-state index contributed by atoms with van der Waals surface area (Å²) in [4.78, 5) is 10.5. The molecule has 0 saturated carbocycles. The van der Waals surface area contributed by atoms with E-state index in [2.05, 4.69) is 22.8 Å². The van der Waals surface area contributed by atoms with Gasteiger partial charge in [0.25, 0.3) is 5.69 Å². The van der Waals surface area contributed by atoms with Gasteiger partial charge >= 0.3 is 0 Å². The standard InChI is InChI=1S/C20H16ClN3O2S/c21-17-11-10-16(24(25)26)13-19(17)23-20(27)22-18-9-5-4-8-15(18)12-14-6-2-1-3-7-14/h1-11,13H,12H2,(H2,22,23,27). The Kier molecular flexibility index (Phi) is 6.01. The molecule has 0 unspecified atom stereocenters. The second-order valence-corrected chi connectivity index (χ2v) is 6.64. The first-order valence-electron chi connectivity index (χ1n) is 8.17. The lowest BCUT2D eigenvalue weighted by Crippen LogP contribution is -2.20. The number of nitro groups is 1. The Morgan fingerprint density at radius 2 is 1.63 bits per heavy atom. The predicted molar refractivity (Wildman–Crippen MR) is 114 cm³/mol. The fourth-order valence-electron chi connectivity index (χ4n) is 2.61. The molecule has 0 aliphatic rings. The number of rotatable bonds is 5. The molecule has 2 N–H and O–H groups in total. The van der Waals surface area contributed by atoms with Crippen LogP contribution in [0.4, 0.5) is 17.1 Å². The summed E-state index contributed by atoms with van der Waals surface area (Å²) in [6, 6.07) is 22.1. The Hall–Kier alpha value is -2.96. The minimum absolute atomic E-state index is 0.0609. The summed E-state index contributed by atoms with van der Waals surface area (Å²) in [6.07, 6.45) is 0.754. The van der Waals surface area contributed by atoms with Crippen molar-refractivity contribution in [3.05, 3.63) is 99.1 Å². The molecular formula is C20H16ClN3O2S. The van der Waals surface area contributed by atoms with Crippen molar-refractivity contribution in [2.45, 2.75) is 6.42 Å². The lowest BCUT2D eigenvalue weighted by molar-refractivity contribution is -0.384. The first kappa shape index (κ1) is 18.8. The van der Waals surface area contributed by atoms with Crippen molar-refractivity contribution in [2.24, 2.45) is 0 Å². The van der Waals surface area contributed by atoms with E-state index in [0.29, 0.717) is 15.8 Å². The van der Waals surface area contributed by atoms with Gasteiger partial charge in [-0.3, -0.25) is 10.1 Å². The molecule has 136 valence electrons. The van der Waals surface area contributed by atoms with Gasteiger partial charge in [-0.1, -0.05) is 60.1 Å². The normalized spacial score (nSPS) is 10.3. The third-order valence-electron chi connectivity index (χ3n) is 3.91.